The van der Waals surface area contributed by atoms with Crippen LogP contribution in [0.5, 0.6) is 0 Å². The lowest BCUT2D eigenvalue weighted by Gasteiger charge is -2.06. The number of aryl methyl sites for hydroxylation is 1. The van der Waals surface area contributed by atoms with Gasteiger partial charge in [-0.2, -0.15) is 5.10 Å². The summed E-state index contributed by atoms with van der Waals surface area (Å²) in [5, 5.41) is 6.86. The molecule has 0 bridgehead atoms. The van der Waals surface area contributed by atoms with Crippen molar-refractivity contribution >= 4 is 5.82 Å². The van der Waals surface area contributed by atoms with Crippen LogP contribution in [0.2, 0.25) is 0 Å². The van der Waals surface area contributed by atoms with E-state index in [-0.39, 0.29) is 5.82 Å². The lowest BCUT2D eigenvalue weighted by atomic mass is 9.99. The summed E-state index contributed by atoms with van der Waals surface area (Å²) in [6.45, 7) is 2.00. The summed E-state index contributed by atoms with van der Waals surface area (Å²) in [5.41, 5.74) is 9.79. The molecule has 2 aromatic carbocycles. The summed E-state index contributed by atoms with van der Waals surface area (Å²) in [7, 11) is 0. The standard InChI is InChI=1S/C16H14FN3/c1-10-5-4-6-11(9-10)14-15(19-20-16(14)18)12-7-2-3-8-13(12)17/h2-9H,1H3,(H3,18,19,20). The van der Waals surface area contributed by atoms with Crippen LogP contribution in [0.1, 0.15) is 5.56 Å². The Labute approximate surface area is 116 Å². The van der Waals surface area contributed by atoms with Crippen LogP contribution in [-0.2, 0) is 0 Å². The Kier molecular flexibility index (Phi) is 2.99. The molecule has 4 heteroatoms. The molecule has 0 radical (unpaired) electrons. The summed E-state index contributed by atoms with van der Waals surface area (Å²) >= 11 is 0. The van der Waals surface area contributed by atoms with Gasteiger partial charge in [0.05, 0.1) is 11.3 Å². The topological polar surface area (TPSA) is 54.7 Å². The van der Waals surface area contributed by atoms with Crippen molar-refractivity contribution in [1.82, 2.24) is 10.2 Å². The Bertz CT molecular complexity index is 762. The molecule has 0 saturated carbocycles. The number of rotatable bonds is 2. The quantitative estimate of drug-likeness (QED) is 0.742. The summed E-state index contributed by atoms with van der Waals surface area (Å²) in [5.74, 6) is 0.0684. The van der Waals surface area contributed by atoms with Crippen LogP contribution in [0.15, 0.2) is 48.5 Å². The number of anilines is 1. The van der Waals surface area contributed by atoms with Crippen molar-refractivity contribution in [3.8, 4) is 22.4 Å². The van der Waals surface area contributed by atoms with Gasteiger partial charge in [-0.05, 0) is 24.6 Å². The number of nitrogens with two attached hydrogens (primary N) is 1. The minimum atomic E-state index is -0.301. The number of nitrogen functional groups attached to an aromatic ring is 1. The number of aromatic nitrogens is 2. The lowest BCUT2D eigenvalue weighted by Crippen LogP contribution is -1.90. The van der Waals surface area contributed by atoms with Gasteiger partial charge in [0.1, 0.15) is 5.82 Å². The van der Waals surface area contributed by atoms with Gasteiger partial charge in [0.2, 0.25) is 0 Å². The average molecular weight is 267 g/mol. The first-order valence-electron chi connectivity index (χ1n) is 6.32. The number of H-pyrrole nitrogens is 1. The van der Waals surface area contributed by atoms with E-state index < -0.39 is 0 Å². The normalized spacial score (nSPS) is 10.7. The highest BCUT2D eigenvalue weighted by atomic mass is 19.1. The molecule has 0 amide bonds. The molecule has 0 saturated heterocycles. The van der Waals surface area contributed by atoms with Gasteiger partial charge >= 0.3 is 0 Å². The Hall–Kier alpha value is -2.62. The molecule has 0 aliphatic rings. The SMILES string of the molecule is Cc1cccc(-c2c(N)n[nH]c2-c2ccccc2F)c1. The first-order chi connectivity index (χ1) is 9.66. The average Bonchev–Trinajstić information content (AvgIpc) is 2.81. The zero-order valence-electron chi connectivity index (χ0n) is 11.0. The van der Waals surface area contributed by atoms with Gasteiger partial charge < -0.3 is 5.73 Å². The predicted molar refractivity (Wildman–Crippen MR) is 78.6 cm³/mol. The zero-order valence-corrected chi connectivity index (χ0v) is 11.0. The number of nitrogens with one attached hydrogen (secondary N) is 1. The largest absolute Gasteiger partial charge is 0.382 e. The number of aromatic amines is 1. The molecule has 3 N–H and O–H groups in total. The van der Waals surface area contributed by atoms with E-state index >= 15 is 0 Å². The fourth-order valence-corrected chi connectivity index (χ4v) is 2.31. The Balaban J connectivity index is 2.23. The van der Waals surface area contributed by atoms with Gasteiger partial charge in [0.25, 0.3) is 0 Å². The minimum Gasteiger partial charge on any atom is -0.382 e. The zero-order chi connectivity index (χ0) is 14.1. The molecule has 1 aromatic heterocycles. The summed E-state index contributed by atoms with van der Waals surface area (Å²) in [6, 6.07) is 14.5. The van der Waals surface area contributed by atoms with E-state index in [9.17, 15) is 4.39 Å². The predicted octanol–water partition coefficient (Wildman–Crippen LogP) is 3.77. The van der Waals surface area contributed by atoms with Crippen molar-refractivity contribution in [1.29, 1.82) is 0 Å². The summed E-state index contributed by atoms with van der Waals surface area (Å²) < 4.78 is 14.0. The van der Waals surface area contributed by atoms with Gasteiger partial charge in [-0.3, -0.25) is 5.10 Å². The second kappa shape index (κ2) is 4.81. The number of benzene rings is 2. The Morgan fingerprint density at radius 1 is 1.10 bits per heavy atom. The highest BCUT2D eigenvalue weighted by Gasteiger charge is 2.17. The van der Waals surface area contributed by atoms with E-state index in [4.69, 9.17) is 5.73 Å². The number of halogens is 1. The van der Waals surface area contributed by atoms with Crippen molar-refractivity contribution in [2.24, 2.45) is 0 Å². The lowest BCUT2D eigenvalue weighted by molar-refractivity contribution is 0.630. The second-order valence-corrected chi connectivity index (χ2v) is 4.71. The molecule has 0 spiro atoms. The van der Waals surface area contributed by atoms with E-state index in [1.807, 2.05) is 31.2 Å². The van der Waals surface area contributed by atoms with Crippen molar-refractivity contribution in [2.75, 3.05) is 5.73 Å². The van der Waals surface area contributed by atoms with Crippen LogP contribution in [0, 0.1) is 12.7 Å². The molecule has 20 heavy (non-hydrogen) atoms. The van der Waals surface area contributed by atoms with Gasteiger partial charge in [-0.15, -0.1) is 0 Å². The summed E-state index contributed by atoms with van der Waals surface area (Å²) in [4.78, 5) is 0. The van der Waals surface area contributed by atoms with Crippen molar-refractivity contribution < 1.29 is 4.39 Å². The minimum absolute atomic E-state index is 0.301. The first kappa shape index (κ1) is 12.4. The molecule has 0 atom stereocenters. The molecule has 3 rings (SSSR count). The van der Waals surface area contributed by atoms with Gasteiger partial charge in [0, 0.05) is 5.56 Å². The molecule has 3 aromatic rings. The van der Waals surface area contributed by atoms with Crippen LogP contribution < -0.4 is 5.73 Å². The third kappa shape index (κ3) is 2.05. The monoisotopic (exact) mass is 267 g/mol. The second-order valence-electron chi connectivity index (χ2n) is 4.71. The van der Waals surface area contributed by atoms with Crippen LogP contribution >= 0.6 is 0 Å². The van der Waals surface area contributed by atoms with E-state index in [1.54, 1.807) is 18.2 Å². The molecule has 0 aliphatic heterocycles. The number of nitrogens with zero attached hydrogens (tertiary/aromatic N) is 1. The fourth-order valence-electron chi connectivity index (χ4n) is 2.31. The van der Waals surface area contributed by atoms with Crippen LogP contribution in [0.25, 0.3) is 22.4 Å². The first-order valence-corrected chi connectivity index (χ1v) is 6.32. The maximum absolute atomic E-state index is 14.0. The molecular formula is C16H14FN3. The maximum atomic E-state index is 14.0. The third-order valence-corrected chi connectivity index (χ3v) is 3.24. The molecule has 0 fully saturated rings. The molecule has 0 unspecified atom stereocenters. The smallest absolute Gasteiger partial charge is 0.153 e. The molecule has 3 nitrogen and oxygen atoms in total. The summed E-state index contributed by atoms with van der Waals surface area (Å²) in [6.07, 6.45) is 0. The van der Waals surface area contributed by atoms with Crippen LogP contribution in [0.4, 0.5) is 10.2 Å². The Morgan fingerprint density at radius 3 is 2.65 bits per heavy atom. The van der Waals surface area contributed by atoms with E-state index in [0.29, 0.717) is 17.1 Å². The van der Waals surface area contributed by atoms with Crippen molar-refractivity contribution in [3.63, 3.8) is 0 Å². The van der Waals surface area contributed by atoms with Gasteiger partial charge in [-0.25, -0.2) is 4.39 Å². The van der Waals surface area contributed by atoms with Gasteiger partial charge in [-0.1, -0.05) is 42.0 Å². The van der Waals surface area contributed by atoms with E-state index in [0.717, 1.165) is 16.7 Å². The fraction of sp³-hybridized carbons (Fsp3) is 0.0625. The highest BCUT2D eigenvalue weighted by Crippen LogP contribution is 2.35. The molecule has 0 aliphatic carbocycles. The van der Waals surface area contributed by atoms with Crippen molar-refractivity contribution in [2.45, 2.75) is 6.92 Å². The molecule has 100 valence electrons. The number of hydrogen-bond donors (Lipinski definition) is 2. The van der Waals surface area contributed by atoms with Crippen LogP contribution in [0.3, 0.4) is 0 Å². The van der Waals surface area contributed by atoms with Gasteiger partial charge in [0.15, 0.2) is 5.82 Å². The van der Waals surface area contributed by atoms with E-state index in [2.05, 4.69) is 10.2 Å². The molecular weight excluding hydrogens is 253 g/mol. The Morgan fingerprint density at radius 2 is 1.90 bits per heavy atom. The van der Waals surface area contributed by atoms with Crippen LogP contribution in [-0.4, -0.2) is 10.2 Å². The van der Waals surface area contributed by atoms with Crippen molar-refractivity contribution in [3.05, 3.63) is 59.9 Å². The highest BCUT2D eigenvalue weighted by molar-refractivity contribution is 5.88. The third-order valence-electron chi connectivity index (χ3n) is 3.24. The maximum Gasteiger partial charge on any atom is 0.153 e. The molecule has 1 heterocycles. The number of hydrogen-bond acceptors (Lipinski definition) is 2. The van der Waals surface area contributed by atoms with E-state index in [1.165, 1.54) is 6.07 Å².